The number of halogens is 1. The van der Waals surface area contributed by atoms with Gasteiger partial charge in [-0.25, -0.2) is 4.39 Å². The maximum absolute atomic E-state index is 15.0. The number of anilines is 1. The van der Waals surface area contributed by atoms with Gasteiger partial charge >= 0.3 is 0 Å². The topological polar surface area (TPSA) is 61.9 Å². The number of nitrogens with one attached hydrogen (secondary N) is 1. The van der Waals surface area contributed by atoms with Crippen LogP contribution < -0.4 is 10.2 Å². The minimum absolute atomic E-state index is 0.0293. The van der Waals surface area contributed by atoms with Crippen LogP contribution in [0, 0.1) is 5.82 Å². The normalized spacial score (nSPS) is 22.4. The Morgan fingerprint density at radius 1 is 1.06 bits per heavy atom. The quantitative estimate of drug-likeness (QED) is 0.730. The third-order valence-electron chi connectivity index (χ3n) is 7.05. The lowest BCUT2D eigenvalue weighted by Gasteiger charge is -2.40. The molecule has 7 heteroatoms. The zero-order chi connectivity index (χ0) is 24.3. The van der Waals surface area contributed by atoms with Crippen molar-refractivity contribution in [3.63, 3.8) is 0 Å². The van der Waals surface area contributed by atoms with Gasteiger partial charge in [0, 0.05) is 39.6 Å². The fraction of sp³-hybridized carbons (Fsp3) is 0.481. The molecule has 2 aliphatic rings. The van der Waals surface area contributed by atoms with Crippen LogP contribution in [0.2, 0.25) is 0 Å². The number of carbonyl (C=O) groups excluding carboxylic acids is 2. The maximum Gasteiger partial charge on any atom is 0.231 e. The molecule has 2 saturated heterocycles. The lowest BCUT2D eigenvalue weighted by Crippen LogP contribution is -2.52. The van der Waals surface area contributed by atoms with Crippen LogP contribution in [0.3, 0.4) is 0 Å². The van der Waals surface area contributed by atoms with Crippen molar-refractivity contribution in [3.8, 4) is 0 Å². The minimum atomic E-state index is -0.703. The molecule has 0 radical (unpaired) electrons. The first-order valence-electron chi connectivity index (χ1n) is 12.1. The summed E-state index contributed by atoms with van der Waals surface area (Å²) in [5.74, 6) is -0.343. The molecular weight excluding hydrogens is 433 g/mol. The number of morpholine rings is 1. The molecular formula is C27H34FN3O3. The Morgan fingerprint density at radius 3 is 2.29 bits per heavy atom. The molecule has 2 aromatic carbocycles. The second-order valence-corrected chi connectivity index (χ2v) is 9.58. The standard InChI is InChI=1S/C27H34FN3O3/c1-19-17-31(18-20(2)34-19)25-10-9-22(15-24(25)28)16-29-26(33)27(23-7-5-4-6-8-23)11-13-30(14-12-27)21(3)32/h4-10,15,19-20H,11-14,16-18H2,1-3H3,(H,29,33). The fourth-order valence-corrected chi connectivity index (χ4v) is 5.25. The summed E-state index contributed by atoms with van der Waals surface area (Å²) < 4.78 is 20.8. The summed E-state index contributed by atoms with van der Waals surface area (Å²) >= 11 is 0. The van der Waals surface area contributed by atoms with Gasteiger partial charge in [0.25, 0.3) is 0 Å². The highest BCUT2D eigenvalue weighted by atomic mass is 19.1. The Bertz CT molecular complexity index is 1010. The number of ether oxygens (including phenoxy) is 1. The number of hydrogen-bond acceptors (Lipinski definition) is 4. The number of rotatable bonds is 5. The van der Waals surface area contributed by atoms with Gasteiger partial charge in [-0.1, -0.05) is 36.4 Å². The molecule has 0 aromatic heterocycles. The Morgan fingerprint density at radius 2 is 1.71 bits per heavy atom. The zero-order valence-corrected chi connectivity index (χ0v) is 20.2. The number of likely N-dealkylation sites (tertiary alicyclic amines) is 1. The third kappa shape index (κ3) is 5.09. The second kappa shape index (κ2) is 10.1. The number of amides is 2. The summed E-state index contributed by atoms with van der Waals surface area (Å²) in [5, 5.41) is 3.05. The summed E-state index contributed by atoms with van der Waals surface area (Å²) in [7, 11) is 0. The van der Waals surface area contributed by atoms with Gasteiger partial charge in [0.2, 0.25) is 11.8 Å². The van der Waals surface area contributed by atoms with Crippen LogP contribution in [-0.4, -0.2) is 55.1 Å². The highest BCUT2D eigenvalue weighted by Crippen LogP contribution is 2.36. The van der Waals surface area contributed by atoms with Crippen LogP contribution in [0.25, 0.3) is 0 Å². The Kier molecular flexibility index (Phi) is 7.22. The van der Waals surface area contributed by atoms with E-state index in [0.717, 1.165) is 5.56 Å². The number of carbonyl (C=O) groups is 2. The molecule has 0 saturated carbocycles. The van der Waals surface area contributed by atoms with Gasteiger partial charge in [0.05, 0.1) is 23.3 Å². The van der Waals surface area contributed by atoms with E-state index in [4.69, 9.17) is 4.74 Å². The molecule has 2 atom stereocenters. The SMILES string of the molecule is CC(=O)N1CCC(C(=O)NCc2ccc(N3CC(C)OC(C)C3)c(F)c2)(c2ccccc2)CC1. The van der Waals surface area contributed by atoms with Gasteiger partial charge in [-0.3, -0.25) is 9.59 Å². The van der Waals surface area contributed by atoms with Crippen LogP contribution in [-0.2, 0) is 26.3 Å². The molecule has 2 unspecified atom stereocenters. The zero-order valence-electron chi connectivity index (χ0n) is 20.2. The minimum Gasteiger partial charge on any atom is -0.372 e. The predicted octanol–water partition coefficient (Wildman–Crippen LogP) is 3.64. The molecule has 4 rings (SSSR count). The molecule has 2 fully saturated rings. The Labute approximate surface area is 201 Å². The molecule has 2 heterocycles. The summed E-state index contributed by atoms with van der Waals surface area (Å²) in [6, 6.07) is 14.9. The Balaban J connectivity index is 1.47. The monoisotopic (exact) mass is 467 g/mol. The van der Waals surface area contributed by atoms with E-state index < -0.39 is 5.41 Å². The van der Waals surface area contributed by atoms with E-state index in [1.54, 1.807) is 17.9 Å². The smallest absolute Gasteiger partial charge is 0.231 e. The second-order valence-electron chi connectivity index (χ2n) is 9.58. The van der Waals surface area contributed by atoms with Gasteiger partial charge in [-0.05, 0) is 49.9 Å². The number of nitrogens with zero attached hydrogens (tertiary/aromatic N) is 2. The molecule has 2 aromatic rings. The van der Waals surface area contributed by atoms with E-state index in [1.807, 2.05) is 55.1 Å². The first kappa shape index (κ1) is 24.2. The van der Waals surface area contributed by atoms with Crippen molar-refractivity contribution in [2.24, 2.45) is 0 Å². The largest absolute Gasteiger partial charge is 0.372 e. The van der Waals surface area contributed by atoms with Crippen molar-refractivity contribution in [2.45, 2.75) is 57.8 Å². The lowest BCUT2D eigenvalue weighted by atomic mass is 9.72. The van der Waals surface area contributed by atoms with Crippen molar-refractivity contribution in [1.29, 1.82) is 0 Å². The molecule has 0 spiro atoms. The highest BCUT2D eigenvalue weighted by Gasteiger charge is 2.43. The summed E-state index contributed by atoms with van der Waals surface area (Å²) in [4.78, 5) is 29.1. The van der Waals surface area contributed by atoms with Crippen LogP contribution >= 0.6 is 0 Å². The van der Waals surface area contributed by atoms with Crippen LogP contribution in [0.4, 0.5) is 10.1 Å². The first-order chi connectivity index (χ1) is 16.3. The molecule has 2 amide bonds. The van der Waals surface area contributed by atoms with Crippen LogP contribution in [0.1, 0.15) is 44.7 Å². The van der Waals surface area contributed by atoms with Crippen molar-refractivity contribution >= 4 is 17.5 Å². The predicted molar refractivity (Wildman–Crippen MR) is 130 cm³/mol. The molecule has 182 valence electrons. The van der Waals surface area contributed by atoms with Crippen LogP contribution in [0.5, 0.6) is 0 Å². The summed E-state index contributed by atoms with van der Waals surface area (Å²) in [6.07, 6.45) is 1.21. The van der Waals surface area contributed by atoms with Crippen molar-refractivity contribution in [2.75, 3.05) is 31.1 Å². The lowest BCUT2D eigenvalue weighted by molar-refractivity contribution is -0.135. The molecule has 34 heavy (non-hydrogen) atoms. The summed E-state index contributed by atoms with van der Waals surface area (Å²) in [5.41, 5.74) is 1.53. The summed E-state index contributed by atoms with van der Waals surface area (Å²) in [6.45, 7) is 8.17. The average Bonchev–Trinajstić information content (AvgIpc) is 2.82. The van der Waals surface area contributed by atoms with Gasteiger partial charge in [0.1, 0.15) is 5.82 Å². The van der Waals surface area contributed by atoms with Gasteiger partial charge in [0.15, 0.2) is 0 Å². The van der Waals surface area contributed by atoms with Gasteiger partial charge in [-0.2, -0.15) is 0 Å². The number of benzene rings is 2. The molecule has 1 N–H and O–H groups in total. The number of piperidine rings is 1. The van der Waals surface area contributed by atoms with E-state index in [0.29, 0.717) is 50.3 Å². The molecule has 6 nitrogen and oxygen atoms in total. The van der Waals surface area contributed by atoms with Crippen LogP contribution in [0.15, 0.2) is 48.5 Å². The van der Waals surface area contributed by atoms with E-state index in [9.17, 15) is 14.0 Å². The highest BCUT2D eigenvalue weighted by molar-refractivity contribution is 5.88. The third-order valence-corrected chi connectivity index (χ3v) is 7.05. The van der Waals surface area contributed by atoms with Crippen molar-refractivity contribution < 1.29 is 18.7 Å². The Hall–Kier alpha value is -2.93. The van der Waals surface area contributed by atoms with E-state index >= 15 is 0 Å². The van der Waals surface area contributed by atoms with Gasteiger partial charge < -0.3 is 19.9 Å². The average molecular weight is 468 g/mol. The number of hydrogen-bond donors (Lipinski definition) is 1. The van der Waals surface area contributed by atoms with Crippen molar-refractivity contribution in [1.82, 2.24) is 10.2 Å². The fourth-order valence-electron chi connectivity index (χ4n) is 5.25. The van der Waals surface area contributed by atoms with E-state index in [1.165, 1.54) is 6.07 Å². The molecule has 2 aliphatic heterocycles. The molecule has 0 bridgehead atoms. The maximum atomic E-state index is 15.0. The molecule has 0 aliphatic carbocycles. The van der Waals surface area contributed by atoms with Gasteiger partial charge in [-0.15, -0.1) is 0 Å². The van der Waals surface area contributed by atoms with E-state index in [-0.39, 0.29) is 36.4 Å². The van der Waals surface area contributed by atoms with E-state index in [2.05, 4.69) is 5.32 Å². The first-order valence-corrected chi connectivity index (χ1v) is 12.1. The van der Waals surface area contributed by atoms with Crippen molar-refractivity contribution in [3.05, 3.63) is 65.5 Å².